The average molecular weight is 267 g/mol. The molecule has 20 heavy (non-hydrogen) atoms. The molecular formula is C18H21NO. The molecule has 0 saturated carbocycles. The molecule has 2 atom stereocenters. The molecule has 1 aliphatic heterocycles. The van der Waals surface area contributed by atoms with Crippen molar-refractivity contribution < 1.29 is 4.74 Å². The van der Waals surface area contributed by atoms with Gasteiger partial charge in [0.05, 0.1) is 0 Å². The first-order valence-electron chi connectivity index (χ1n) is 7.10. The Balaban J connectivity index is 2.04. The summed E-state index contributed by atoms with van der Waals surface area (Å²) in [6, 6.07) is 14.8. The van der Waals surface area contributed by atoms with Gasteiger partial charge in [-0.3, -0.25) is 0 Å². The Hall–Kier alpha value is -1.80. The SMILES string of the molecule is Cc1cccc(C2(C)C[C@H](N)c3cc(C)ccc3O2)c1. The number of rotatable bonds is 1. The van der Waals surface area contributed by atoms with Gasteiger partial charge in [0.25, 0.3) is 0 Å². The normalized spacial score (nSPS) is 24.9. The molecule has 0 fully saturated rings. The van der Waals surface area contributed by atoms with Crippen LogP contribution in [0.5, 0.6) is 5.75 Å². The Labute approximate surface area is 120 Å². The van der Waals surface area contributed by atoms with Crippen LogP contribution >= 0.6 is 0 Å². The zero-order valence-electron chi connectivity index (χ0n) is 12.3. The molecule has 2 N–H and O–H groups in total. The lowest BCUT2D eigenvalue weighted by Gasteiger charge is -2.39. The number of ether oxygens (including phenoxy) is 1. The Morgan fingerprint density at radius 1 is 1.10 bits per heavy atom. The summed E-state index contributed by atoms with van der Waals surface area (Å²) in [5.74, 6) is 0.915. The van der Waals surface area contributed by atoms with Gasteiger partial charge in [-0.2, -0.15) is 0 Å². The fourth-order valence-electron chi connectivity index (χ4n) is 3.02. The molecule has 0 saturated heterocycles. The Morgan fingerprint density at radius 2 is 1.85 bits per heavy atom. The number of benzene rings is 2. The van der Waals surface area contributed by atoms with Gasteiger partial charge in [-0.05, 0) is 32.4 Å². The van der Waals surface area contributed by atoms with Crippen LogP contribution in [0.15, 0.2) is 42.5 Å². The van der Waals surface area contributed by atoms with E-state index in [1.54, 1.807) is 0 Å². The number of hydrogen-bond acceptors (Lipinski definition) is 2. The van der Waals surface area contributed by atoms with Crippen LogP contribution in [0.4, 0.5) is 0 Å². The average Bonchev–Trinajstić information content (AvgIpc) is 2.40. The van der Waals surface area contributed by atoms with Gasteiger partial charge in [-0.25, -0.2) is 0 Å². The molecule has 1 heterocycles. The van der Waals surface area contributed by atoms with E-state index in [2.05, 4.69) is 57.2 Å². The molecule has 1 unspecified atom stereocenters. The molecule has 2 aromatic rings. The highest BCUT2D eigenvalue weighted by Gasteiger charge is 2.37. The second kappa shape index (κ2) is 4.64. The molecule has 2 aromatic carbocycles. The quantitative estimate of drug-likeness (QED) is 0.847. The Bertz CT molecular complexity index is 650. The molecule has 2 nitrogen and oxygen atoms in total. The van der Waals surface area contributed by atoms with Crippen molar-refractivity contribution >= 4 is 0 Å². The molecule has 0 spiro atoms. The molecule has 0 aliphatic carbocycles. The summed E-state index contributed by atoms with van der Waals surface area (Å²) in [5.41, 5.74) is 10.8. The van der Waals surface area contributed by atoms with Crippen molar-refractivity contribution in [1.29, 1.82) is 0 Å². The van der Waals surface area contributed by atoms with E-state index >= 15 is 0 Å². The zero-order valence-corrected chi connectivity index (χ0v) is 12.3. The highest BCUT2D eigenvalue weighted by Crippen LogP contribution is 2.43. The van der Waals surface area contributed by atoms with Gasteiger partial charge in [0.2, 0.25) is 0 Å². The van der Waals surface area contributed by atoms with Crippen molar-refractivity contribution in [1.82, 2.24) is 0 Å². The molecule has 0 bridgehead atoms. The maximum atomic E-state index is 6.39. The van der Waals surface area contributed by atoms with Crippen LogP contribution in [0, 0.1) is 13.8 Å². The zero-order chi connectivity index (χ0) is 14.3. The molecule has 2 heteroatoms. The predicted octanol–water partition coefficient (Wildman–Crippen LogP) is 4.00. The van der Waals surface area contributed by atoms with Crippen LogP contribution in [-0.2, 0) is 5.60 Å². The summed E-state index contributed by atoms with van der Waals surface area (Å²) < 4.78 is 6.31. The summed E-state index contributed by atoms with van der Waals surface area (Å²) in [6.07, 6.45) is 0.799. The van der Waals surface area contributed by atoms with E-state index in [9.17, 15) is 0 Å². The fourth-order valence-corrected chi connectivity index (χ4v) is 3.02. The third-order valence-electron chi connectivity index (χ3n) is 4.14. The van der Waals surface area contributed by atoms with Crippen molar-refractivity contribution in [2.75, 3.05) is 0 Å². The fraction of sp³-hybridized carbons (Fsp3) is 0.333. The molecule has 0 aromatic heterocycles. The first-order valence-corrected chi connectivity index (χ1v) is 7.10. The van der Waals surface area contributed by atoms with Crippen molar-refractivity contribution in [3.63, 3.8) is 0 Å². The summed E-state index contributed by atoms with van der Waals surface area (Å²) in [6.45, 7) is 6.32. The van der Waals surface area contributed by atoms with Crippen LogP contribution in [-0.4, -0.2) is 0 Å². The summed E-state index contributed by atoms with van der Waals surface area (Å²) >= 11 is 0. The van der Waals surface area contributed by atoms with Gasteiger partial charge < -0.3 is 10.5 Å². The molecule has 1 aliphatic rings. The Morgan fingerprint density at radius 3 is 2.60 bits per heavy atom. The maximum absolute atomic E-state index is 6.39. The van der Waals surface area contributed by atoms with Crippen LogP contribution in [0.25, 0.3) is 0 Å². The van der Waals surface area contributed by atoms with Crippen molar-refractivity contribution in [2.45, 2.75) is 38.8 Å². The number of hydrogen-bond donors (Lipinski definition) is 1. The van der Waals surface area contributed by atoms with Crippen LogP contribution in [0.2, 0.25) is 0 Å². The standard InChI is InChI=1S/C18H21NO/c1-12-5-4-6-14(9-12)18(3)11-16(19)15-10-13(2)7-8-17(15)20-18/h4-10,16H,11,19H2,1-3H3/t16-,18?/m0/s1. The van der Waals surface area contributed by atoms with E-state index in [0.717, 1.165) is 17.7 Å². The molecule has 0 amide bonds. The Kier molecular flexibility index (Phi) is 3.06. The summed E-state index contributed by atoms with van der Waals surface area (Å²) in [5, 5.41) is 0. The van der Waals surface area contributed by atoms with Crippen molar-refractivity contribution in [3.05, 3.63) is 64.7 Å². The smallest absolute Gasteiger partial charge is 0.133 e. The maximum Gasteiger partial charge on any atom is 0.133 e. The molecular weight excluding hydrogens is 246 g/mol. The predicted molar refractivity (Wildman–Crippen MR) is 81.9 cm³/mol. The minimum atomic E-state index is -0.353. The number of fused-ring (bicyclic) bond motifs is 1. The minimum Gasteiger partial charge on any atom is -0.482 e. The third kappa shape index (κ3) is 2.20. The van der Waals surface area contributed by atoms with Gasteiger partial charge in [-0.15, -0.1) is 0 Å². The largest absolute Gasteiger partial charge is 0.482 e. The molecule has 104 valence electrons. The van der Waals surface area contributed by atoms with Crippen LogP contribution in [0.3, 0.4) is 0 Å². The van der Waals surface area contributed by atoms with E-state index in [1.807, 2.05) is 6.07 Å². The van der Waals surface area contributed by atoms with E-state index in [4.69, 9.17) is 10.5 Å². The lowest BCUT2D eigenvalue weighted by molar-refractivity contribution is 0.0510. The van der Waals surface area contributed by atoms with E-state index in [-0.39, 0.29) is 11.6 Å². The highest BCUT2D eigenvalue weighted by atomic mass is 16.5. The first-order chi connectivity index (χ1) is 9.48. The van der Waals surface area contributed by atoms with Crippen LogP contribution < -0.4 is 10.5 Å². The van der Waals surface area contributed by atoms with E-state index in [0.29, 0.717) is 0 Å². The monoisotopic (exact) mass is 267 g/mol. The van der Waals surface area contributed by atoms with Crippen molar-refractivity contribution in [2.24, 2.45) is 5.73 Å². The first kappa shape index (κ1) is 13.2. The van der Waals surface area contributed by atoms with E-state index < -0.39 is 0 Å². The number of nitrogens with two attached hydrogens (primary N) is 1. The third-order valence-corrected chi connectivity index (χ3v) is 4.14. The highest BCUT2D eigenvalue weighted by molar-refractivity contribution is 5.43. The van der Waals surface area contributed by atoms with Gasteiger partial charge in [0, 0.05) is 18.0 Å². The summed E-state index contributed by atoms with van der Waals surface area (Å²) in [7, 11) is 0. The van der Waals surface area contributed by atoms with E-state index in [1.165, 1.54) is 16.7 Å². The number of aryl methyl sites for hydroxylation is 2. The van der Waals surface area contributed by atoms with Crippen molar-refractivity contribution in [3.8, 4) is 5.75 Å². The molecule has 0 radical (unpaired) electrons. The van der Waals surface area contributed by atoms with Gasteiger partial charge in [-0.1, -0.05) is 47.5 Å². The minimum absolute atomic E-state index is 0.0177. The topological polar surface area (TPSA) is 35.2 Å². The lowest BCUT2D eigenvalue weighted by Crippen LogP contribution is -2.38. The van der Waals surface area contributed by atoms with Gasteiger partial charge >= 0.3 is 0 Å². The molecule has 3 rings (SSSR count). The van der Waals surface area contributed by atoms with Gasteiger partial charge in [0.15, 0.2) is 0 Å². The second-order valence-electron chi connectivity index (χ2n) is 6.05. The van der Waals surface area contributed by atoms with Crippen LogP contribution in [0.1, 0.15) is 41.6 Å². The summed E-state index contributed by atoms with van der Waals surface area (Å²) in [4.78, 5) is 0. The second-order valence-corrected chi connectivity index (χ2v) is 6.05. The lowest BCUT2D eigenvalue weighted by atomic mass is 9.83. The van der Waals surface area contributed by atoms with Gasteiger partial charge in [0.1, 0.15) is 11.4 Å².